The monoisotopic (exact) mass is 303 g/mol. The zero-order valence-electron chi connectivity index (χ0n) is 13.2. The van der Waals surface area contributed by atoms with Crippen LogP contribution in [0.3, 0.4) is 0 Å². The Morgan fingerprint density at radius 3 is 2.57 bits per heavy atom. The molecule has 0 amide bonds. The molecule has 0 spiro atoms. The van der Waals surface area contributed by atoms with E-state index < -0.39 is 0 Å². The van der Waals surface area contributed by atoms with Gasteiger partial charge in [0.15, 0.2) is 0 Å². The molecule has 2 rings (SSSR count). The summed E-state index contributed by atoms with van der Waals surface area (Å²) in [6.07, 6.45) is 4.08. The quantitative estimate of drug-likeness (QED) is 0.749. The lowest BCUT2D eigenvalue weighted by molar-refractivity contribution is 0.552. The summed E-state index contributed by atoms with van der Waals surface area (Å²) in [7, 11) is 0. The molecule has 21 heavy (non-hydrogen) atoms. The minimum absolute atomic E-state index is 0.698. The van der Waals surface area contributed by atoms with Crippen LogP contribution in [0.5, 0.6) is 0 Å². The molecule has 1 aromatic heterocycles. The van der Waals surface area contributed by atoms with Crippen LogP contribution in [0.1, 0.15) is 31.9 Å². The second-order valence-electron chi connectivity index (χ2n) is 5.66. The van der Waals surface area contributed by atoms with Crippen molar-refractivity contribution in [2.75, 3.05) is 6.54 Å². The van der Waals surface area contributed by atoms with Crippen molar-refractivity contribution in [3.63, 3.8) is 0 Å². The van der Waals surface area contributed by atoms with E-state index in [-0.39, 0.29) is 0 Å². The standard InChI is InChI=1S/C17H25N3S/c1-4-20-12-16(11-19-20)13-21-17-7-5-15(6-8-17)10-18-9-14(2)3/h5-8,11-12,14,18H,4,9-10,13H2,1-3H3. The van der Waals surface area contributed by atoms with Crippen LogP contribution in [0.25, 0.3) is 0 Å². The van der Waals surface area contributed by atoms with Gasteiger partial charge in [0.2, 0.25) is 0 Å². The summed E-state index contributed by atoms with van der Waals surface area (Å²) in [6, 6.07) is 8.85. The fourth-order valence-electron chi connectivity index (χ4n) is 2.03. The molecule has 0 unspecified atom stereocenters. The van der Waals surface area contributed by atoms with Crippen LogP contribution < -0.4 is 5.32 Å². The molecule has 0 fully saturated rings. The highest BCUT2D eigenvalue weighted by molar-refractivity contribution is 7.98. The Balaban J connectivity index is 1.79. The fourth-order valence-corrected chi connectivity index (χ4v) is 2.84. The van der Waals surface area contributed by atoms with Crippen molar-refractivity contribution in [3.05, 3.63) is 47.8 Å². The Bertz CT molecular complexity index is 531. The van der Waals surface area contributed by atoms with Gasteiger partial charge in [-0.05, 0) is 37.1 Å². The Hall–Kier alpha value is -1.26. The number of hydrogen-bond acceptors (Lipinski definition) is 3. The first kappa shape index (κ1) is 16.1. The van der Waals surface area contributed by atoms with Gasteiger partial charge in [0.1, 0.15) is 0 Å². The lowest BCUT2D eigenvalue weighted by Crippen LogP contribution is -2.18. The number of nitrogens with zero attached hydrogens (tertiary/aromatic N) is 2. The van der Waals surface area contributed by atoms with Crippen LogP contribution >= 0.6 is 11.8 Å². The minimum atomic E-state index is 0.698. The Morgan fingerprint density at radius 1 is 1.19 bits per heavy atom. The second-order valence-corrected chi connectivity index (χ2v) is 6.71. The third-order valence-electron chi connectivity index (χ3n) is 3.22. The molecule has 1 heterocycles. The normalized spacial score (nSPS) is 11.2. The van der Waals surface area contributed by atoms with Gasteiger partial charge in [0, 0.05) is 35.5 Å². The van der Waals surface area contributed by atoms with E-state index in [4.69, 9.17) is 0 Å². The summed E-state index contributed by atoms with van der Waals surface area (Å²) in [5, 5.41) is 7.77. The van der Waals surface area contributed by atoms with Gasteiger partial charge in [-0.25, -0.2) is 0 Å². The van der Waals surface area contributed by atoms with Crippen molar-refractivity contribution >= 4 is 11.8 Å². The first-order chi connectivity index (χ1) is 10.2. The zero-order valence-corrected chi connectivity index (χ0v) is 14.0. The molecule has 114 valence electrons. The van der Waals surface area contributed by atoms with Gasteiger partial charge in [-0.1, -0.05) is 26.0 Å². The predicted molar refractivity (Wildman–Crippen MR) is 90.4 cm³/mol. The lowest BCUT2D eigenvalue weighted by atomic mass is 10.2. The predicted octanol–water partition coefficient (Wildman–Crippen LogP) is 3.94. The summed E-state index contributed by atoms with van der Waals surface area (Å²) in [4.78, 5) is 1.31. The summed E-state index contributed by atoms with van der Waals surface area (Å²) in [5.41, 5.74) is 2.63. The van der Waals surface area contributed by atoms with E-state index in [1.165, 1.54) is 16.0 Å². The van der Waals surface area contributed by atoms with E-state index in [9.17, 15) is 0 Å². The van der Waals surface area contributed by atoms with Gasteiger partial charge in [0.25, 0.3) is 0 Å². The van der Waals surface area contributed by atoms with Gasteiger partial charge in [0.05, 0.1) is 6.20 Å². The van der Waals surface area contributed by atoms with Gasteiger partial charge >= 0.3 is 0 Å². The molecule has 0 atom stereocenters. The summed E-state index contributed by atoms with van der Waals surface area (Å²) in [6.45, 7) is 9.52. The molecule has 0 aliphatic carbocycles. The number of nitrogens with one attached hydrogen (secondary N) is 1. The molecule has 1 N–H and O–H groups in total. The van der Waals surface area contributed by atoms with E-state index in [1.54, 1.807) is 0 Å². The molecule has 1 aromatic carbocycles. The van der Waals surface area contributed by atoms with Crippen molar-refractivity contribution in [1.29, 1.82) is 0 Å². The van der Waals surface area contributed by atoms with Crippen molar-refractivity contribution in [1.82, 2.24) is 15.1 Å². The third-order valence-corrected chi connectivity index (χ3v) is 4.30. The van der Waals surface area contributed by atoms with Gasteiger partial charge in [-0.15, -0.1) is 11.8 Å². The smallest absolute Gasteiger partial charge is 0.0530 e. The Labute approximate surface area is 132 Å². The second kappa shape index (κ2) is 8.25. The summed E-state index contributed by atoms with van der Waals surface area (Å²) in [5.74, 6) is 1.68. The number of aryl methyl sites for hydroxylation is 1. The SMILES string of the molecule is CCn1cc(CSc2ccc(CNCC(C)C)cc2)cn1. The highest BCUT2D eigenvalue weighted by Crippen LogP contribution is 2.22. The highest BCUT2D eigenvalue weighted by atomic mass is 32.2. The molecule has 0 saturated carbocycles. The zero-order chi connectivity index (χ0) is 15.1. The molecule has 0 saturated heterocycles. The Morgan fingerprint density at radius 2 is 1.95 bits per heavy atom. The number of rotatable bonds is 8. The maximum absolute atomic E-state index is 4.30. The maximum atomic E-state index is 4.30. The largest absolute Gasteiger partial charge is 0.312 e. The third kappa shape index (κ3) is 5.56. The van der Waals surface area contributed by atoms with Crippen LogP contribution in [0.4, 0.5) is 0 Å². The van der Waals surface area contributed by atoms with Crippen molar-refractivity contribution in [2.24, 2.45) is 5.92 Å². The molecule has 0 aliphatic heterocycles. The number of benzene rings is 1. The van der Waals surface area contributed by atoms with Crippen molar-refractivity contribution < 1.29 is 0 Å². The van der Waals surface area contributed by atoms with Crippen LogP contribution in [0.2, 0.25) is 0 Å². The van der Waals surface area contributed by atoms with E-state index in [1.807, 2.05) is 22.6 Å². The molecule has 0 bridgehead atoms. The summed E-state index contributed by atoms with van der Waals surface area (Å²) < 4.78 is 1.97. The molecule has 0 radical (unpaired) electrons. The van der Waals surface area contributed by atoms with Gasteiger partial charge in [-0.2, -0.15) is 5.10 Å². The lowest BCUT2D eigenvalue weighted by Gasteiger charge is -2.08. The van der Waals surface area contributed by atoms with Crippen LogP contribution in [0.15, 0.2) is 41.6 Å². The van der Waals surface area contributed by atoms with E-state index in [0.717, 1.165) is 25.4 Å². The molecular formula is C17H25N3S. The van der Waals surface area contributed by atoms with Crippen molar-refractivity contribution in [3.8, 4) is 0 Å². The molecule has 0 aliphatic rings. The van der Waals surface area contributed by atoms with Gasteiger partial charge in [-0.3, -0.25) is 4.68 Å². The van der Waals surface area contributed by atoms with Crippen LogP contribution in [0, 0.1) is 5.92 Å². The number of thioether (sulfide) groups is 1. The Kier molecular flexibility index (Phi) is 6.33. The number of hydrogen-bond donors (Lipinski definition) is 1. The first-order valence-corrected chi connectivity index (χ1v) is 8.59. The molecule has 2 aromatic rings. The van der Waals surface area contributed by atoms with Gasteiger partial charge < -0.3 is 5.32 Å². The maximum Gasteiger partial charge on any atom is 0.0530 e. The minimum Gasteiger partial charge on any atom is -0.312 e. The topological polar surface area (TPSA) is 29.9 Å². The highest BCUT2D eigenvalue weighted by Gasteiger charge is 2.00. The van der Waals surface area contributed by atoms with E-state index >= 15 is 0 Å². The molecule has 3 nitrogen and oxygen atoms in total. The summed E-state index contributed by atoms with van der Waals surface area (Å²) >= 11 is 1.86. The van der Waals surface area contributed by atoms with Crippen LogP contribution in [-0.4, -0.2) is 16.3 Å². The molecule has 4 heteroatoms. The van der Waals surface area contributed by atoms with Crippen molar-refractivity contribution in [2.45, 2.75) is 44.5 Å². The average molecular weight is 303 g/mol. The number of aromatic nitrogens is 2. The fraction of sp³-hybridized carbons (Fsp3) is 0.471. The van der Waals surface area contributed by atoms with E-state index in [2.05, 4.69) is 61.6 Å². The average Bonchev–Trinajstić information content (AvgIpc) is 2.94. The van der Waals surface area contributed by atoms with Crippen LogP contribution in [-0.2, 0) is 18.8 Å². The molecular weight excluding hydrogens is 278 g/mol. The van der Waals surface area contributed by atoms with E-state index in [0.29, 0.717) is 5.92 Å². The first-order valence-electron chi connectivity index (χ1n) is 7.61.